The van der Waals surface area contributed by atoms with Gasteiger partial charge in [0.15, 0.2) is 0 Å². The Morgan fingerprint density at radius 3 is 2.70 bits per heavy atom. The summed E-state index contributed by atoms with van der Waals surface area (Å²) in [4.78, 5) is 17.5. The van der Waals surface area contributed by atoms with Crippen molar-refractivity contribution in [3.63, 3.8) is 0 Å². The molecule has 0 spiro atoms. The molecule has 1 amide bonds. The van der Waals surface area contributed by atoms with E-state index in [4.69, 9.17) is 9.72 Å². The van der Waals surface area contributed by atoms with Crippen molar-refractivity contribution in [2.24, 2.45) is 0 Å². The Balaban J connectivity index is 1.65. The number of aromatic nitrogens is 1. The van der Waals surface area contributed by atoms with Crippen molar-refractivity contribution in [1.29, 1.82) is 0 Å². The summed E-state index contributed by atoms with van der Waals surface area (Å²) in [6.45, 7) is 2.48. The van der Waals surface area contributed by atoms with Crippen LogP contribution in [-0.4, -0.2) is 17.5 Å². The lowest BCUT2D eigenvalue weighted by Crippen LogP contribution is -2.12. The molecule has 0 radical (unpaired) electrons. The van der Waals surface area contributed by atoms with E-state index >= 15 is 0 Å². The molecule has 0 unspecified atom stereocenters. The van der Waals surface area contributed by atoms with Crippen LogP contribution in [0.3, 0.4) is 0 Å². The van der Waals surface area contributed by atoms with Crippen molar-refractivity contribution in [2.45, 2.75) is 6.92 Å². The van der Waals surface area contributed by atoms with Gasteiger partial charge in [0, 0.05) is 11.1 Å². The van der Waals surface area contributed by atoms with E-state index in [1.54, 1.807) is 23.5 Å². The molecule has 0 aliphatic heterocycles. The van der Waals surface area contributed by atoms with E-state index in [1.807, 2.05) is 61.5 Å². The number of hydrogen-bond donors (Lipinski definition) is 1. The number of nitrogens with one attached hydrogen (secondary N) is 1. The zero-order valence-electron chi connectivity index (χ0n) is 14.8. The quantitative estimate of drug-likeness (QED) is 0.494. The van der Waals surface area contributed by atoms with Gasteiger partial charge in [-0.1, -0.05) is 30.3 Å². The minimum absolute atomic E-state index is 0.176. The van der Waals surface area contributed by atoms with Crippen LogP contribution in [0.4, 0.5) is 5.69 Å². The molecule has 0 saturated carbocycles. The summed E-state index contributed by atoms with van der Waals surface area (Å²) in [5.74, 6) is 0.509. The van der Waals surface area contributed by atoms with Crippen molar-refractivity contribution in [3.8, 4) is 16.3 Å². The average molecular weight is 374 g/mol. The third-order valence-corrected chi connectivity index (χ3v) is 5.18. The third-order valence-electron chi connectivity index (χ3n) is 4.11. The number of ether oxygens (including phenoxy) is 1. The first-order valence-electron chi connectivity index (χ1n) is 8.74. The van der Waals surface area contributed by atoms with Gasteiger partial charge in [0.2, 0.25) is 0 Å². The second kappa shape index (κ2) is 7.60. The van der Waals surface area contributed by atoms with E-state index in [2.05, 4.69) is 11.4 Å². The second-order valence-electron chi connectivity index (χ2n) is 5.95. The van der Waals surface area contributed by atoms with Gasteiger partial charge in [-0.3, -0.25) is 4.79 Å². The SMILES string of the molecule is CCOc1cccc(C(=O)Nc2ccccc2-c2nc3ccccc3s2)c1. The Morgan fingerprint density at radius 2 is 1.85 bits per heavy atom. The summed E-state index contributed by atoms with van der Waals surface area (Å²) in [7, 11) is 0. The molecule has 4 rings (SSSR count). The summed E-state index contributed by atoms with van der Waals surface area (Å²) in [6.07, 6.45) is 0. The number of hydrogen-bond acceptors (Lipinski definition) is 4. The molecule has 4 aromatic rings. The highest BCUT2D eigenvalue weighted by molar-refractivity contribution is 7.21. The van der Waals surface area contributed by atoms with Gasteiger partial charge in [-0.15, -0.1) is 11.3 Å². The molecule has 0 aliphatic rings. The highest BCUT2D eigenvalue weighted by Crippen LogP contribution is 2.34. The highest BCUT2D eigenvalue weighted by Gasteiger charge is 2.13. The molecule has 27 heavy (non-hydrogen) atoms. The number of carbonyl (C=O) groups excluding carboxylic acids is 1. The standard InChI is InChI=1S/C22H18N2O2S/c1-2-26-16-9-7-8-15(14-16)21(25)23-18-11-4-3-10-17(18)22-24-19-12-5-6-13-20(19)27-22/h3-14H,2H2,1H3,(H,23,25). The Labute approximate surface area is 161 Å². The minimum atomic E-state index is -0.176. The average Bonchev–Trinajstić information content (AvgIpc) is 3.13. The molecule has 134 valence electrons. The van der Waals surface area contributed by atoms with Crippen molar-refractivity contribution in [3.05, 3.63) is 78.4 Å². The molecule has 4 nitrogen and oxygen atoms in total. The van der Waals surface area contributed by atoms with Gasteiger partial charge in [-0.05, 0) is 49.4 Å². The molecule has 0 aliphatic carbocycles. The van der Waals surface area contributed by atoms with Crippen molar-refractivity contribution < 1.29 is 9.53 Å². The van der Waals surface area contributed by atoms with Gasteiger partial charge in [0.1, 0.15) is 10.8 Å². The van der Waals surface area contributed by atoms with Crippen LogP contribution >= 0.6 is 11.3 Å². The zero-order valence-corrected chi connectivity index (χ0v) is 15.6. The summed E-state index contributed by atoms with van der Waals surface area (Å²) in [5, 5.41) is 3.90. The van der Waals surface area contributed by atoms with Gasteiger partial charge in [-0.25, -0.2) is 4.98 Å². The number of thiazole rings is 1. The number of para-hydroxylation sites is 2. The Bertz CT molecular complexity index is 1070. The Morgan fingerprint density at radius 1 is 1.04 bits per heavy atom. The molecule has 1 N–H and O–H groups in total. The smallest absolute Gasteiger partial charge is 0.255 e. The number of nitrogens with zero attached hydrogens (tertiary/aromatic N) is 1. The van der Waals surface area contributed by atoms with E-state index < -0.39 is 0 Å². The van der Waals surface area contributed by atoms with Crippen LogP contribution in [0.25, 0.3) is 20.8 Å². The first-order valence-corrected chi connectivity index (χ1v) is 9.55. The van der Waals surface area contributed by atoms with Crippen molar-refractivity contribution >= 4 is 33.1 Å². The van der Waals surface area contributed by atoms with Crippen LogP contribution in [0.5, 0.6) is 5.75 Å². The van der Waals surface area contributed by atoms with E-state index in [9.17, 15) is 4.79 Å². The number of rotatable bonds is 5. The molecular weight excluding hydrogens is 356 g/mol. The predicted molar refractivity (Wildman–Crippen MR) is 111 cm³/mol. The van der Waals surface area contributed by atoms with Crippen LogP contribution in [0.2, 0.25) is 0 Å². The fourth-order valence-electron chi connectivity index (χ4n) is 2.85. The summed E-state index contributed by atoms with van der Waals surface area (Å²) < 4.78 is 6.61. The number of amides is 1. The maximum atomic E-state index is 12.7. The monoisotopic (exact) mass is 374 g/mol. The number of fused-ring (bicyclic) bond motifs is 1. The minimum Gasteiger partial charge on any atom is -0.494 e. The molecule has 0 bridgehead atoms. The molecule has 0 fully saturated rings. The van der Waals surface area contributed by atoms with Crippen LogP contribution < -0.4 is 10.1 Å². The topological polar surface area (TPSA) is 51.2 Å². The maximum Gasteiger partial charge on any atom is 0.255 e. The summed E-state index contributed by atoms with van der Waals surface area (Å²) in [6, 6.07) is 22.9. The van der Waals surface area contributed by atoms with E-state index in [0.29, 0.717) is 17.9 Å². The summed E-state index contributed by atoms with van der Waals surface area (Å²) in [5.41, 5.74) is 3.17. The molecule has 1 aromatic heterocycles. The fourth-order valence-corrected chi connectivity index (χ4v) is 3.86. The van der Waals surface area contributed by atoms with Crippen molar-refractivity contribution in [1.82, 2.24) is 4.98 Å². The lowest BCUT2D eigenvalue weighted by molar-refractivity contribution is 0.102. The highest BCUT2D eigenvalue weighted by atomic mass is 32.1. The van der Waals surface area contributed by atoms with E-state index in [0.717, 1.165) is 26.5 Å². The maximum absolute atomic E-state index is 12.7. The van der Waals surface area contributed by atoms with Gasteiger partial charge in [0.25, 0.3) is 5.91 Å². The number of benzene rings is 3. The molecule has 5 heteroatoms. The van der Waals surface area contributed by atoms with Crippen LogP contribution in [-0.2, 0) is 0 Å². The Kier molecular flexibility index (Phi) is 4.85. The van der Waals surface area contributed by atoms with Gasteiger partial charge < -0.3 is 10.1 Å². The number of anilines is 1. The molecular formula is C22H18N2O2S. The molecule has 1 heterocycles. The fraction of sp³-hybridized carbons (Fsp3) is 0.0909. The van der Waals surface area contributed by atoms with E-state index in [-0.39, 0.29) is 5.91 Å². The lowest BCUT2D eigenvalue weighted by Gasteiger charge is -2.10. The molecule has 0 saturated heterocycles. The van der Waals surface area contributed by atoms with Crippen LogP contribution in [0, 0.1) is 0 Å². The van der Waals surface area contributed by atoms with Crippen LogP contribution in [0.1, 0.15) is 17.3 Å². The predicted octanol–water partition coefficient (Wildman–Crippen LogP) is 5.61. The molecule has 0 atom stereocenters. The van der Waals surface area contributed by atoms with Gasteiger partial charge >= 0.3 is 0 Å². The summed E-state index contributed by atoms with van der Waals surface area (Å²) >= 11 is 1.61. The molecule has 3 aromatic carbocycles. The first kappa shape index (κ1) is 17.2. The van der Waals surface area contributed by atoms with Crippen LogP contribution in [0.15, 0.2) is 72.8 Å². The number of carbonyl (C=O) groups is 1. The van der Waals surface area contributed by atoms with Gasteiger partial charge in [0.05, 0.1) is 22.5 Å². The second-order valence-corrected chi connectivity index (χ2v) is 6.98. The normalized spacial score (nSPS) is 10.7. The largest absolute Gasteiger partial charge is 0.494 e. The zero-order chi connectivity index (χ0) is 18.6. The Hall–Kier alpha value is -3.18. The lowest BCUT2D eigenvalue weighted by atomic mass is 10.1. The van der Waals surface area contributed by atoms with Gasteiger partial charge in [-0.2, -0.15) is 0 Å². The third kappa shape index (κ3) is 3.68. The van der Waals surface area contributed by atoms with Crippen molar-refractivity contribution in [2.75, 3.05) is 11.9 Å². The first-order chi connectivity index (χ1) is 13.2. The van der Waals surface area contributed by atoms with E-state index in [1.165, 1.54) is 0 Å².